The fourth-order valence-electron chi connectivity index (χ4n) is 1.01. The summed E-state index contributed by atoms with van der Waals surface area (Å²) in [6.07, 6.45) is 1.05. The molecule has 74 valence electrons. The Hall–Kier alpha value is -1.98. The van der Waals surface area contributed by atoms with E-state index in [1.54, 1.807) is 0 Å². The number of carbonyl (C=O) groups is 2. The SMILES string of the molecule is CC(=O)n1ccc(=O)n(C(C)=O)c1=O. The highest BCUT2D eigenvalue weighted by Gasteiger charge is 2.10. The van der Waals surface area contributed by atoms with Gasteiger partial charge in [0.05, 0.1) is 0 Å². The molecule has 1 rings (SSSR count). The highest BCUT2D eigenvalue weighted by atomic mass is 16.2. The van der Waals surface area contributed by atoms with Gasteiger partial charge in [0.15, 0.2) is 0 Å². The number of rotatable bonds is 0. The summed E-state index contributed by atoms with van der Waals surface area (Å²) in [5.74, 6) is -1.26. The number of hydrogen-bond donors (Lipinski definition) is 0. The predicted molar refractivity (Wildman–Crippen MR) is 47.6 cm³/mol. The maximum atomic E-state index is 11.4. The minimum atomic E-state index is -0.933. The van der Waals surface area contributed by atoms with Gasteiger partial charge >= 0.3 is 5.69 Å². The van der Waals surface area contributed by atoms with Gasteiger partial charge < -0.3 is 0 Å². The van der Waals surface area contributed by atoms with Crippen LogP contribution in [0.1, 0.15) is 23.4 Å². The minimum Gasteiger partial charge on any atom is -0.274 e. The van der Waals surface area contributed by atoms with Gasteiger partial charge in [0.2, 0.25) is 11.8 Å². The van der Waals surface area contributed by atoms with Crippen molar-refractivity contribution in [2.24, 2.45) is 0 Å². The molecule has 0 N–H and O–H groups in total. The molecule has 0 unspecified atom stereocenters. The molecule has 1 aromatic rings. The van der Waals surface area contributed by atoms with Crippen LogP contribution in [-0.4, -0.2) is 20.9 Å². The first kappa shape index (κ1) is 10.1. The molecule has 14 heavy (non-hydrogen) atoms. The van der Waals surface area contributed by atoms with Crippen LogP contribution >= 0.6 is 0 Å². The molecule has 0 saturated carbocycles. The maximum Gasteiger partial charge on any atom is 0.344 e. The molecule has 0 bridgehead atoms. The van der Waals surface area contributed by atoms with Gasteiger partial charge in [-0.2, -0.15) is 4.57 Å². The van der Waals surface area contributed by atoms with Gasteiger partial charge in [0.1, 0.15) is 0 Å². The van der Waals surface area contributed by atoms with Crippen LogP contribution < -0.4 is 11.2 Å². The highest BCUT2D eigenvalue weighted by Crippen LogP contribution is 1.78. The molecule has 0 aliphatic rings. The number of hydrogen-bond acceptors (Lipinski definition) is 4. The van der Waals surface area contributed by atoms with E-state index in [0.29, 0.717) is 9.13 Å². The van der Waals surface area contributed by atoms with Crippen LogP contribution in [0.5, 0.6) is 0 Å². The molecule has 6 heteroatoms. The maximum absolute atomic E-state index is 11.4. The molecule has 6 nitrogen and oxygen atoms in total. The first-order chi connectivity index (χ1) is 6.45. The van der Waals surface area contributed by atoms with Gasteiger partial charge in [0, 0.05) is 26.1 Å². The van der Waals surface area contributed by atoms with E-state index in [9.17, 15) is 19.2 Å². The molecule has 0 amide bonds. The van der Waals surface area contributed by atoms with Crippen LogP contribution in [-0.2, 0) is 0 Å². The average Bonchev–Trinajstić information content (AvgIpc) is 2.02. The van der Waals surface area contributed by atoms with Crippen LogP contribution in [0.25, 0.3) is 0 Å². The van der Waals surface area contributed by atoms with Gasteiger partial charge in [-0.1, -0.05) is 0 Å². The third kappa shape index (κ3) is 1.54. The summed E-state index contributed by atoms with van der Waals surface area (Å²) in [5, 5.41) is 0. The lowest BCUT2D eigenvalue weighted by molar-refractivity contribution is 0.0907. The molecule has 0 aliphatic heterocycles. The van der Waals surface area contributed by atoms with Gasteiger partial charge in [-0.05, 0) is 0 Å². The summed E-state index contributed by atoms with van der Waals surface area (Å²) in [7, 11) is 0. The Bertz CT molecular complexity index is 509. The molecule has 1 heterocycles. The molecule has 0 atom stereocenters. The molecule has 0 radical (unpaired) electrons. The summed E-state index contributed by atoms with van der Waals surface area (Å²) >= 11 is 0. The summed E-state index contributed by atoms with van der Waals surface area (Å²) < 4.78 is 1.10. The summed E-state index contributed by atoms with van der Waals surface area (Å²) in [4.78, 5) is 44.2. The first-order valence-electron chi connectivity index (χ1n) is 3.81. The van der Waals surface area contributed by atoms with Crippen LogP contribution in [0.2, 0.25) is 0 Å². The van der Waals surface area contributed by atoms with Crippen molar-refractivity contribution in [2.45, 2.75) is 13.8 Å². The van der Waals surface area contributed by atoms with Crippen molar-refractivity contribution in [1.82, 2.24) is 9.13 Å². The Labute approximate surface area is 78.4 Å². The monoisotopic (exact) mass is 196 g/mol. The van der Waals surface area contributed by atoms with E-state index < -0.39 is 23.1 Å². The minimum absolute atomic E-state index is 0.404. The summed E-state index contributed by atoms with van der Waals surface area (Å²) in [5.41, 5.74) is -1.67. The topological polar surface area (TPSA) is 78.1 Å². The van der Waals surface area contributed by atoms with Crippen molar-refractivity contribution in [1.29, 1.82) is 0 Å². The lowest BCUT2D eigenvalue weighted by Gasteiger charge is -2.02. The molecule has 1 aromatic heterocycles. The van der Waals surface area contributed by atoms with E-state index >= 15 is 0 Å². The quantitative estimate of drug-likeness (QED) is 0.551. The molecule has 0 saturated heterocycles. The van der Waals surface area contributed by atoms with E-state index in [0.717, 1.165) is 26.1 Å². The van der Waals surface area contributed by atoms with E-state index in [-0.39, 0.29) is 0 Å². The van der Waals surface area contributed by atoms with E-state index in [4.69, 9.17) is 0 Å². The lowest BCUT2D eigenvalue weighted by atomic mass is 10.5. The fraction of sp³-hybridized carbons (Fsp3) is 0.250. The number of aromatic nitrogens is 2. The van der Waals surface area contributed by atoms with E-state index in [2.05, 4.69) is 0 Å². The third-order valence-corrected chi connectivity index (χ3v) is 1.64. The zero-order valence-electron chi connectivity index (χ0n) is 7.68. The molecule has 0 aromatic carbocycles. The number of nitrogens with zero attached hydrogens (tertiary/aromatic N) is 2. The van der Waals surface area contributed by atoms with Crippen molar-refractivity contribution in [3.63, 3.8) is 0 Å². The predicted octanol–water partition coefficient (Wildman–Crippen LogP) is -0.670. The van der Waals surface area contributed by atoms with E-state index in [1.165, 1.54) is 0 Å². The average molecular weight is 196 g/mol. The second-order valence-electron chi connectivity index (χ2n) is 2.68. The van der Waals surface area contributed by atoms with Gasteiger partial charge in [-0.3, -0.25) is 14.4 Å². The summed E-state index contributed by atoms with van der Waals surface area (Å²) in [6.45, 7) is 2.24. The van der Waals surface area contributed by atoms with Crippen molar-refractivity contribution >= 4 is 11.8 Å². The van der Waals surface area contributed by atoms with Crippen LogP contribution in [0.4, 0.5) is 0 Å². The van der Waals surface area contributed by atoms with E-state index in [1.807, 2.05) is 0 Å². The molecule has 0 spiro atoms. The molecular weight excluding hydrogens is 188 g/mol. The molecular formula is C8H8N2O4. The van der Waals surface area contributed by atoms with Gasteiger partial charge in [0.25, 0.3) is 5.56 Å². The van der Waals surface area contributed by atoms with Crippen molar-refractivity contribution in [2.75, 3.05) is 0 Å². The van der Waals surface area contributed by atoms with Crippen LogP contribution in [0.15, 0.2) is 21.9 Å². The third-order valence-electron chi connectivity index (χ3n) is 1.64. The number of carbonyl (C=O) groups excluding carboxylic acids is 2. The zero-order chi connectivity index (χ0) is 10.9. The standard InChI is InChI=1S/C8H8N2O4/c1-5(11)9-4-3-7(13)10(6(2)12)8(9)14/h3-4H,1-2H3. The Balaban J connectivity index is 3.67. The van der Waals surface area contributed by atoms with Crippen molar-refractivity contribution in [3.05, 3.63) is 33.1 Å². The van der Waals surface area contributed by atoms with Crippen molar-refractivity contribution < 1.29 is 9.59 Å². The van der Waals surface area contributed by atoms with Crippen LogP contribution in [0.3, 0.4) is 0 Å². The highest BCUT2D eigenvalue weighted by molar-refractivity contribution is 5.78. The van der Waals surface area contributed by atoms with Crippen LogP contribution in [0, 0.1) is 0 Å². The molecule has 0 aliphatic carbocycles. The smallest absolute Gasteiger partial charge is 0.274 e. The first-order valence-corrected chi connectivity index (χ1v) is 3.81. The zero-order valence-corrected chi connectivity index (χ0v) is 7.68. The Morgan fingerprint density at radius 3 is 2.14 bits per heavy atom. The second kappa shape index (κ2) is 3.41. The van der Waals surface area contributed by atoms with Crippen molar-refractivity contribution in [3.8, 4) is 0 Å². The second-order valence-corrected chi connectivity index (χ2v) is 2.68. The Morgan fingerprint density at radius 1 is 1.14 bits per heavy atom. The fourth-order valence-corrected chi connectivity index (χ4v) is 1.01. The summed E-state index contributed by atoms with van der Waals surface area (Å²) in [6, 6.07) is 0.990. The molecule has 0 fully saturated rings. The lowest BCUT2D eigenvalue weighted by Crippen LogP contribution is -2.43. The Kier molecular flexibility index (Phi) is 2.46. The normalized spacial score (nSPS) is 9.86. The van der Waals surface area contributed by atoms with Gasteiger partial charge in [-0.25, -0.2) is 9.36 Å². The Morgan fingerprint density at radius 2 is 1.71 bits per heavy atom. The largest absolute Gasteiger partial charge is 0.344 e. The van der Waals surface area contributed by atoms with Gasteiger partial charge in [-0.15, -0.1) is 0 Å².